The molecule has 1 fully saturated rings. The first-order chi connectivity index (χ1) is 11.3. The molecule has 0 saturated carbocycles. The van der Waals surface area contributed by atoms with Crippen molar-refractivity contribution in [2.24, 2.45) is 0 Å². The average Bonchev–Trinajstić information content (AvgIpc) is 3.27. The molecule has 3 N–H and O–H groups in total. The lowest BCUT2D eigenvalue weighted by molar-refractivity contribution is 0.102. The number of nitrogens with one attached hydrogen (secondary N) is 3. The Morgan fingerprint density at radius 3 is 2.96 bits per heavy atom. The molecule has 0 bridgehead atoms. The highest BCUT2D eigenvalue weighted by atomic mass is 16.1. The summed E-state index contributed by atoms with van der Waals surface area (Å²) in [4.78, 5) is 12.8. The fourth-order valence-corrected chi connectivity index (χ4v) is 3.25. The molecule has 1 atom stereocenters. The summed E-state index contributed by atoms with van der Waals surface area (Å²) >= 11 is 0. The van der Waals surface area contributed by atoms with E-state index in [1.165, 1.54) is 0 Å². The van der Waals surface area contributed by atoms with Crippen LogP contribution in [0.15, 0.2) is 48.7 Å². The van der Waals surface area contributed by atoms with Crippen LogP contribution in [0.5, 0.6) is 0 Å². The summed E-state index contributed by atoms with van der Waals surface area (Å²) in [5.74, 6) is 0.336. The molecule has 0 aliphatic carbocycles. The van der Waals surface area contributed by atoms with Gasteiger partial charge in [-0.25, -0.2) is 0 Å². The van der Waals surface area contributed by atoms with E-state index >= 15 is 0 Å². The number of rotatable bonds is 3. The number of nitrogens with zero attached hydrogens (tertiary/aromatic N) is 1. The minimum atomic E-state index is -0.0683. The maximum atomic E-state index is 12.8. The van der Waals surface area contributed by atoms with Gasteiger partial charge < -0.3 is 10.6 Å². The summed E-state index contributed by atoms with van der Waals surface area (Å²) in [7, 11) is 0. The second kappa shape index (κ2) is 5.85. The predicted octanol–water partition coefficient (Wildman–Crippen LogP) is 2.89. The predicted molar refractivity (Wildman–Crippen MR) is 90.7 cm³/mol. The summed E-state index contributed by atoms with van der Waals surface area (Å²) in [5, 5.41) is 14.3. The van der Waals surface area contributed by atoms with Gasteiger partial charge in [-0.15, -0.1) is 0 Å². The topological polar surface area (TPSA) is 69.8 Å². The SMILES string of the molecule is O=C(Nc1cccc2[nH]ncc12)c1ccccc1[C@H]1CCNC1. The van der Waals surface area contributed by atoms with Crippen molar-refractivity contribution < 1.29 is 4.79 Å². The van der Waals surface area contributed by atoms with Crippen LogP contribution in [0.3, 0.4) is 0 Å². The third-order valence-electron chi connectivity index (χ3n) is 4.44. The number of amides is 1. The molecule has 1 aliphatic heterocycles. The lowest BCUT2D eigenvalue weighted by Crippen LogP contribution is -2.17. The van der Waals surface area contributed by atoms with E-state index < -0.39 is 0 Å². The van der Waals surface area contributed by atoms with Gasteiger partial charge in [0, 0.05) is 17.5 Å². The minimum Gasteiger partial charge on any atom is -0.321 e. The number of hydrogen-bond acceptors (Lipinski definition) is 3. The van der Waals surface area contributed by atoms with Crippen molar-refractivity contribution >= 4 is 22.5 Å². The molecular formula is C18H18N4O. The van der Waals surface area contributed by atoms with Crippen LogP contribution >= 0.6 is 0 Å². The zero-order valence-corrected chi connectivity index (χ0v) is 12.7. The standard InChI is InChI=1S/C18H18N4O/c23-18(21-16-6-3-7-17-15(16)11-20-22-17)14-5-2-1-4-13(14)12-8-9-19-10-12/h1-7,11-12,19H,8-10H2,(H,20,22)(H,21,23)/t12-/m0/s1. The van der Waals surface area contributed by atoms with Crippen LogP contribution in [0, 0.1) is 0 Å². The van der Waals surface area contributed by atoms with Gasteiger partial charge in [0.2, 0.25) is 0 Å². The molecule has 116 valence electrons. The Morgan fingerprint density at radius 2 is 2.09 bits per heavy atom. The van der Waals surface area contributed by atoms with Crippen LogP contribution in [0.1, 0.15) is 28.3 Å². The third-order valence-corrected chi connectivity index (χ3v) is 4.44. The number of hydrogen-bond donors (Lipinski definition) is 3. The van der Waals surface area contributed by atoms with Crippen LogP contribution in [0.4, 0.5) is 5.69 Å². The largest absolute Gasteiger partial charge is 0.321 e. The van der Waals surface area contributed by atoms with E-state index in [1.807, 2.05) is 36.4 Å². The van der Waals surface area contributed by atoms with Crippen molar-refractivity contribution in [1.29, 1.82) is 0 Å². The van der Waals surface area contributed by atoms with Crippen molar-refractivity contribution in [3.05, 3.63) is 59.8 Å². The molecule has 23 heavy (non-hydrogen) atoms. The number of H-pyrrole nitrogens is 1. The van der Waals surface area contributed by atoms with Crippen LogP contribution in [-0.4, -0.2) is 29.2 Å². The highest BCUT2D eigenvalue weighted by molar-refractivity contribution is 6.09. The number of aromatic nitrogens is 2. The Labute approximate surface area is 134 Å². The zero-order valence-electron chi connectivity index (χ0n) is 12.7. The molecule has 5 nitrogen and oxygen atoms in total. The van der Waals surface area contributed by atoms with E-state index in [0.717, 1.165) is 47.2 Å². The van der Waals surface area contributed by atoms with E-state index in [9.17, 15) is 4.79 Å². The average molecular weight is 306 g/mol. The molecule has 1 amide bonds. The van der Waals surface area contributed by atoms with Gasteiger partial charge in [-0.2, -0.15) is 5.10 Å². The van der Waals surface area contributed by atoms with Crippen LogP contribution in [0.2, 0.25) is 0 Å². The Hall–Kier alpha value is -2.66. The zero-order chi connectivity index (χ0) is 15.6. The normalized spacial score (nSPS) is 17.5. The highest BCUT2D eigenvalue weighted by Crippen LogP contribution is 2.27. The number of carbonyl (C=O) groups excluding carboxylic acids is 1. The van der Waals surface area contributed by atoms with Crippen LogP contribution < -0.4 is 10.6 Å². The molecule has 1 saturated heterocycles. The first-order valence-corrected chi connectivity index (χ1v) is 7.86. The van der Waals surface area contributed by atoms with Crippen molar-refractivity contribution in [2.45, 2.75) is 12.3 Å². The minimum absolute atomic E-state index is 0.0683. The first kappa shape index (κ1) is 14.0. The Kier molecular flexibility index (Phi) is 3.55. The smallest absolute Gasteiger partial charge is 0.255 e. The molecule has 2 heterocycles. The lowest BCUT2D eigenvalue weighted by Gasteiger charge is -2.15. The second-order valence-corrected chi connectivity index (χ2v) is 5.87. The van der Waals surface area contributed by atoms with Gasteiger partial charge in [0.1, 0.15) is 0 Å². The molecule has 4 rings (SSSR count). The number of carbonyl (C=O) groups is 1. The maximum Gasteiger partial charge on any atom is 0.255 e. The molecule has 0 unspecified atom stereocenters. The van der Waals surface area contributed by atoms with Gasteiger partial charge in [-0.3, -0.25) is 9.89 Å². The highest BCUT2D eigenvalue weighted by Gasteiger charge is 2.22. The van der Waals surface area contributed by atoms with Crippen molar-refractivity contribution in [3.63, 3.8) is 0 Å². The fourth-order valence-electron chi connectivity index (χ4n) is 3.25. The van der Waals surface area contributed by atoms with E-state index in [4.69, 9.17) is 0 Å². The van der Waals surface area contributed by atoms with Gasteiger partial charge >= 0.3 is 0 Å². The number of benzene rings is 2. The number of aromatic amines is 1. The van der Waals surface area contributed by atoms with Crippen molar-refractivity contribution in [3.8, 4) is 0 Å². The second-order valence-electron chi connectivity index (χ2n) is 5.87. The van der Waals surface area contributed by atoms with Crippen molar-refractivity contribution in [2.75, 3.05) is 18.4 Å². The van der Waals surface area contributed by atoms with E-state index in [2.05, 4.69) is 26.9 Å². The summed E-state index contributed by atoms with van der Waals surface area (Å²) in [6, 6.07) is 13.6. The Bertz CT molecular complexity index is 849. The monoisotopic (exact) mass is 306 g/mol. The van der Waals surface area contributed by atoms with E-state index in [0.29, 0.717) is 5.92 Å². The quantitative estimate of drug-likeness (QED) is 0.697. The molecule has 0 spiro atoms. The summed E-state index contributed by atoms with van der Waals surface area (Å²) in [6.07, 6.45) is 2.80. The van der Waals surface area contributed by atoms with Gasteiger partial charge in [0.05, 0.1) is 17.4 Å². The summed E-state index contributed by atoms with van der Waals surface area (Å²) < 4.78 is 0. The Morgan fingerprint density at radius 1 is 1.17 bits per heavy atom. The van der Waals surface area contributed by atoms with Gasteiger partial charge in [-0.05, 0) is 42.6 Å². The summed E-state index contributed by atoms with van der Waals surface area (Å²) in [5.41, 5.74) is 3.56. The number of anilines is 1. The first-order valence-electron chi connectivity index (χ1n) is 7.86. The molecule has 2 aromatic carbocycles. The molecule has 3 aromatic rings. The third kappa shape index (κ3) is 2.59. The molecule has 1 aromatic heterocycles. The molecule has 1 aliphatic rings. The molecule has 5 heteroatoms. The molecular weight excluding hydrogens is 288 g/mol. The van der Waals surface area contributed by atoms with Gasteiger partial charge in [0.15, 0.2) is 0 Å². The van der Waals surface area contributed by atoms with E-state index in [1.54, 1.807) is 6.20 Å². The fraction of sp³-hybridized carbons (Fsp3) is 0.222. The van der Waals surface area contributed by atoms with Gasteiger partial charge in [-0.1, -0.05) is 24.3 Å². The van der Waals surface area contributed by atoms with Crippen LogP contribution in [0.25, 0.3) is 10.9 Å². The van der Waals surface area contributed by atoms with Crippen LogP contribution in [-0.2, 0) is 0 Å². The van der Waals surface area contributed by atoms with Gasteiger partial charge in [0.25, 0.3) is 5.91 Å². The lowest BCUT2D eigenvalue weighted by atomic mass is 9.93. The number of fused-ring (bicyclic) bond motifs is 1. The van der Waals surface area contributed by atoms with E-state index in [-0.39, 0.29) is 5.91 Å². The molecule has 0 radical (unpaired) electrons. The summed E-state index contributed by atoms with van der Waals surface area (Å²) in [6.45, 7) is 1.94. The van der Waals surface area contributed by atoms with Crippen molar-refractivity contribution in [1.82, 2.24) is 15.5 Å². The maximum absolute atomic E-state index is 12.8. The Balaban J connectivity index is 1.66.